The first kappa shape index (κ1) is 17.2. The molecule has 0 aliphatic carbocycles. The molecule has 0 spiro atoms. The van der Waals surface area contributed by atoms with E-state index in [-0.39, 0.29) is 10.8 Å². The lowest BCUT2D eigenvalue weighted by atomic mass is 10.0. The number of rotatable bonds is 6. The molecule has 6 heteroatoms. The summed E-state index contributed by atoms with van der Waals surface area (Å²) in [4.78, 5) is 11.8. The fraction of sp³-hybridized carbons (Fsp3) is 0.235. The molecule has 5 nitrogen and oxygen atoms in total. The largest absolute Gasteiger partial charge is 0.356 e. The number of hydrogen-bond donors (Lipinski definition) is 2. The summed E-state index contributed by atoms with van der Waals surface area (Å²) in [6.45, 7) is 2.66. The van der Waals surface area contributed by atoms with E-state index in [1.807, 2.05) is 19.1 Å². The van der Waals surface area contributed by atoms with Gasteiger partial charge in [-0.2, -0.15) is 0 Å². The van der Waals surface area contributed by atoms with Crippen LogP contribution in [0.25, 0.3) is 11.1 Å². The van der Waals surface area contributed by atoms with Gasteiger partial charge in [0.15, 0.2) is 0 Å². The Morgan fingerprint density at radius 3 is 2.35 bits per heavy atom. The average molecular weight is 332 g/mol. The molecule has 0 aromatic heterocycles. The first-order valence-corrected chi connectivity index (χ1v) is 8.94. The molecule has 1 amide bonds. The lowest BCUT2D eigenvalue weighted by Gasteiger charge is -2.09. The number of sulfonamides is 1. The lowest BCUT2D eigenvalue weighted by molar-refractivity contribution is -0.120. The highest BCUT2D eigenvalue weighted by Crippen LogP contribution is 2.26. The summed E-state index contributed by atoms with van der Waals surface area (Å²) < 4.78 is 23.3. The molecule has 0 atom stereocenters. The smallest absolute Gasteiger partial charge is 0.238 e. The van der Waals surface area contributed by atoms with Gasteiger partial charge in [0, 0.05) is 12.1 Å². The van der Waals surface area contributed by atoms with Crippen LogP contribution in [0.4, 0.5) is 0 Å². The van der Waals surface area contributed by atoms with E-state index in [2.05, 4.69) is 5.32 Å². The van der Waals surface area contributed by atoms with E-state index < -0.39 is 10.0 Å². The van der Waals surface area contributed by atoms with Crippen molar-refractivity contribution in [2.45, 2.75) is 24.7 Å². The summed E-state index contributed by atoms with van der Waals surface area (Å²) in [5.41, 5.74) is 2.17. The highest BCUT2D eigenvalue weighted by Gasteiger charge is 2.14. The number of amides is 1. The second kappa shape index (κ2) is 7.39. The molecule has 0 heterocycles. The SMILES string of the molecule is CCCNC(=O)Cc1ccc(-c2ccccc2S(N)(=O)=O)cc1. The van der Waals surface area contributed by atoms with Gasteiger partial charge in [-0.3, -0.25) is 4.79 Å². The van der Waals surface area contributed by atoms with Gasteiger partial charge in [-0.25, -0.2) is 13.6 Å². The van der Waals surface area contributed by atoms with E-state index in [9.17, 15) is 13.2 Å². The number of carbonyl (C=O) groups is 1. The summed E-state index contributed by atoms with van der Waals surface area (Å²) in [7, 11) is -3.79. The number of nitrogens with two attached hydrogens (primary N) is 1. The molecule has 23 heavy (non-hydrogen) atoms. The van der Waals surface area contributed by atoms with Gasteiger partial charge >= 0.3 is 0 Å². The summed E-state index contributed by atoms with van der Waals surface area (Å²) in [5.74, 6) is -0.0236. The fourth-order valence-corrected chi connectivity index (χ4v) is 3.03. The quantitative estimate of drug-likeness (QED) is 0.848. The Bertz CT molecular complexity index is 784. The second-order valence-electron chi connectivity index (χ2n) is 5.26. The van der Waals surface area contributed by atoms with Crippen molar-refractivity contribution in [1.29, 1.82) is 0 Å². The monoisotopic (exact) mass is 332 g/mol. The van der Waals surface area contributed by atoms with Crippen LogP contribution in [0.2, 0.25) is 0 Å². The minimum Gasteiger partial charge on any atom is -0.356 e. The van der Waals surface area contributed by atoms with Crippen LogP contribution in [0.5, 0.6) is 0 Å². The zero-order valence-corrected chi connectivity index (χ0v) is 13.8. The Labute approximate surface area is 136 Å². The van der Waals surface area contributed by atoms with Crippen LogP contribution in [0.1, 0.15) is 18.9 Å². The fourth-order valence-electron chi connectivity index (χ4n) is 2.27. The van der Waals surface area contributed by atoms with Crippen molar-refractivity contribution in [2.24, 2.45) is 5.14 Å². The van der Waals surface area contributed by atoms with Crippen molar-refractivity contribution in [3.05, 3.63) is 54.1 Å². The molecule has 122 valence electrons. The first-order chi connectivity index (χ1) is 10.9. The van der Waals surface area contributed by atoms with E-state index in [1.54, 1.807) is 30.3 Å². The maximum atomic E-state index is 11.7. The molecule has 0 fully saturated rings. The van der Waals surface area contributed by atoms with Crippen molar-refractivity contribution in [3.8, 4) is 11.1 Å². The molecule has 2 rings (SSSR count). The Kier molecular flexibility index (Phi) is 5.52. The number of primary sulfonamides is 1. The summed E-state index contributed by atoms with van der Waals surface area (Å²) >= 11 is 0. The molecule has 0 aliphatic heterocycles. The van der Waals surface area contributed by atoms with Crippen LogP contribution in [0.15, 0.2) is 53.4 Å². The molecule has 0 unspecified atom stereocenters. The molecular weight excluding hydrogens is 312 g/mol. The highest BCUT2D eigenvalue weighted by molar-refractivity contribution is 7.89. The lowest BCUT2D eigenvalue weighted by Crippen LogP contribution is -2.25. The Morgan fingerprint density at radius 1 is 1.09 bits per heavy atom. The molecule has 0 bridgehead atoms. The standard InChI is InChI=1S/C17H20N2O3S/c1-2-11-19-17(20)12-13-7-9-14(10-8-13)15-5-3-4-6-16(15)23(18,21)22/h3-10H,2,11-12H2,1H3,(H,19,20)(H2,18,21,22). The van der Waals surface area contributed by atoms with Crippen LogP contribution in [0.3, 0.4) is 0 Å². The molecule has 0 radical (unpaired) electrons. The van der Waals surface area contributed by atoms with Crippen molar-refractivity contribution in [3.63, 3.8) is 0 Å². The number of carbonyl (C=O) groups excluding carboxylic acids is 1. The minimum absolute atomic E-state index is 0.0236. The third kappa shape index (κ3) is 4.64. The van der Waals surface area contributed by atoms with E-state index in [0.29, 0.717) is 18.5 Å². The van der Waals surface area contributed by atoms with Crippen LogP contribution >= 0.6 is 0 Å². The van der Waals surface area contributed by atoms with Crippen LogP contribution in [-0.2, 0) is 21.2 Å². The molecule has 2 aromatic carbocycles. The number of hydrogen-bond acceptors (Lipinski definition) is 3. The van der Waals surface area contributed by atoms with Crippen molar-refractivity contribution < 1.29 is 13.2 Å². The molecular formula is C17H20N2O3S. The van der Waals surface area contributed by atoms with Gasteiger partial charge in [-0.15, -0.1) is 0 Å². The molecule has 3 N–H and O–H groups in total. The van der Waals surface area contributed by atoms with Gasteiger partial charge in [0.1, 0.15) is 0 Å². The van der Waals surface area contributed by atoms with Crippen LogP contribution < -0.4 is 10.5 Å². The van der Waals surface area contributed by atoms with Gasteiger partial charge in [-0.05, 0) is 23.6 Å². The normalized spacial score (nSPS) is 11.2. The summed E-state index contributed by atoms with van der Waals surface area (Å²) in [6.07, 6.45) is 1.20. The third-order valence-electron chi connectivity index (χ3n) is 3.40. The van der Waals surface area contributed by atoms with E-state index in [0.717, 1.165) is 17.5 Å². The molecule has 0 aliphatic rings. The predicted molar refractivity (Wildman–Crippen MR) is 90.3 cm³/mol. The van der Waals surface area contributed by atoms with Gasteiger partial charge in [0.25, 0.3) is 0 Å². The Balaban J connectivity index is 2.23. The van der Waals surface area contributed by atoms with Gasteiger partial charge in [0.2, 0.25) is 15.9 Å². The zero-order valence-electron chi connectivity index (χ0n) is 13.0. The minimum atomic E-state index is -3.79. The van der Waals surface area contributed by atoms with E-state index >= 15 is 0 Å². The summed E-state index contributed by atoms with van der Waals surface area (Å²) in [6, 6.07) is 13.8. The second-order valence-corrected chi connectivity index (χ2v) is 6.79. The Hall–Kier alpha value is -2.18. The molecule has 0 saturated carbocycles. The highest BCUT2D eigenvalue weighted by atomic mass is 32.2. The topological polar surface area (TPSA) is 89.3 Å². The van der Waals surface area contributed by atoms with Gasteiger partial charge in [0.05, 0.1) is 11.3 Å². The zero-order chi connectivity index (χ0) is 16.9. The van der Waals surface area contributed by atoms with E-state index in [4.69, 9.17) is 5.14 Å². The van der Waals surface area contributed by atoms with Crippen LogP contribution in [0, 0.1) is 0 Å². The van der Waals surface area contributed by atoms with Crippen molar-refractivity contribution in [1.82, 2.24) is 5.32 Å². The van der Waals surface area contributed by atoms with Gasteiger partial charge in [-0.1, -0.05) is 49.4 Å². The Morgan fingerprint density at radius 2 is 1.74 bits per heavy atom. The number of nitrogens with one attached hydrogen (secondary N) is 1. The maximum Gasteiger partial charge on any atom is 0.238 e. The maximum absolute atomic E-state index is 11.7. The first-order valence-electron chi connectivity index (χ1n) is 7.39. The summed E-state index contributed by atoms with van der Waals surface area (Å²) in [5, 5.41) is 8.08. The molecule has 2 aromatic rings. The predicted octanol–water partition coefficient (Wildman–Crippen LogP) is 2.07. The van der Waals surface area contributed by atoms with E-state index in [1.165, 1.54) is 6.07 Å². The average Bonchev–Trinajstić information content (AvgIpc) is 2.53. The van der Waals surface area contributed by atoms with Gasteiger partial charge < -0.3 is 5.32 Å². The molecule has 0 saturated heterocycles. The number of benzene rings is 2. The van der Waals surface area contributed by atoms with Crippen molar-refractivity contribution in [2.75, 3.05) is 6.54 Å². The van der Waals surface area contributed by atoms with Crippen LogP contribution in [-0.4, -0.2) is 20.9 Å². The van der Waals surface area contributed by atoms with Crippen molar-refractivity contribution >= 4 is 15.9 Å². The third-order valence-corrected chi connectivity index (χ3v) is 4.36.